The number of hydrogen-bond donors (Lipinski definition) is 1. The number of nitrogens with two attached hydrogens (primary N) is 1. The Morgan fingerprint density at radius 1 is 1.33 bits per heavy atom. The zero-order chi connectivity index (χ0) is 11.3. The molecule has 0 spiro atoms. The summed E-state index contributed by atoms with van der Waals surface area (Å²) in [4.78, 5) is 0. The van der Waals surface area contributed by atoms with E-state index in [1.54, 1.807) is 6.07 Å². The van der Waals surface area contributed by atoms with Crippen LogP contribution >= 0.6 is 23.2 Å². The quantitative estimate of drug-likeness (QED) is 0.812. The van der Waals surface area contributed by atoms with E-state index in [2.05, 4.69) is 0 Å². The van der Waals surface area contributed by atoms with E-state index >= 15 is 0 Å². The first-order chi connectivity index (χ1) is 7.09. The monoisotopic (exact) mass is 247 g/mol. The largest absolute Gasteiger partial charge is 0.377 e. The van der Waals surface area contributed by atoms with E-state index < -0.39 is 0 Å². The molecule has 2 N–H and O–H groups in total. The van der Waals surface area contributed by atoms with E-state index in [1.807, 2.05) is 19.1 Å². The first-order valence-electron chi connectivity index (χ1n) is 4.87. The molecule has 0 aliphatic carbocycles. The molecule has 4 heteroatoms. The number of halogens is 2. The van der Waals surface area contributed by atoms with Crippen LogP contribution < -0.4 is 5.73 Å². The van der Waals surface area contributed by atoms with Crippen LogP contribution in [-0.2, 0) is 11.3 Å². The molecular formula is C11H15Cl2NO. The summed E-state index contributed by atoms with van der Waals surface area (Å²) in [5.41, 5.74) is 6.62. The number of hydrogen-bond acceptors (Lipinski definition) is 2. The predicted molar refractivity (Wildman–Crippen MR) is 64.4 cm³/mol. The molecule has 0 amide bonds. The number of ether oxygens (including phenoxy) is 1. The molecule has 1 aromatic carbocycles. The van der Waals surface area contributed by atoms with Crippen LogP contribution in [0.3, 0.4) is 0 Å². The maximum Gasteiger partial charge on any atom is 0.0717 e. The van der Waals surface area contributed by atoms with E-state index in [0.29, 0.717) is 23.3 Å². The van der Waals surface area contributed by atoms with Gasteiger partial charge in [-0.2, -0.15) is 0 Å². The number of rotatable bonds is 5. The summed E-state index contributed by atoms with van der Waals surface area (Å²) in [5, 5.41) is 1.13. The van der Waals surface area contributed by atoms with Crippen molar-refractivity contribution in [1.29, 1.82) is 0 Å². The van der Waals surface area contributed by atoms with Gasteiger partial charge >= 0.3 is 0 Å². The van der Waals surface area contributed by atoms with E-state index in [0.717, 1.165) is 12.0 Å². The third-order valence-corrected chi connectivity index (χ3v) is 2.71. The third kappa shape index (κ3) is 4.85. The highest BCUT2D eigenvalue weighted by molar-refractivity contribution is 6.41. The van der Waals surface area contributed by atoms with Gasteiger partial charge in [0.2, 0.25) is 0 Å². The van der Waals surface area contributed by atoms with Crippen LogP contribution in [0.4, 0.5) is 0 Å². The lowest BCUT2D eigenvalue weighted by atomic mass is 10.2. The fourth-order valence-electron chi connectivity index (χ4n) is 1.09. The van der Waals surface area contributed by atoms with Gasteiger partial charge in [-0.05, 0) is 31.0 Å². The van der Waals surface area contributed by atoms with Crippen LogP contribution in [0.2, 0.25) is 10.0 Å². The van der Waals surface area contributed by atoms with Gasteiger partial charge in [-0.1, -0.05) is 29.3 Å². The molecular weight excluding hydrogens is 233 g/mol. The molecule has 1 atom stereocenters. The summed E-state index contributed by atoms with van der Waals surface area (Å²) < 4.78 is 5.44. The van der Waals surface area contributed by atoms with Gasteiger partial charge in [-0.15, -0.1) is 0 Å². The first-order valence-corrected chi connectivity index (χ1v) is 5.62. The van der Waals surface area contributed by atoms with Gasteiger partial charge in [-0.25, -0.2) is 0 Å². The fraction of sp³-hybridized carbons (Fsp3) is 0.455. The maximum absolute atomic E-state index is 5.87. The fourth-order valence-corrected chi connectivity index (χ4v) is 1.41. The van der Waals surface area contributed by atoms with Crippen molar-refractivity contribution in [3.8, 4) is 0 Å². The lowest BCUT2D eigenvalue weighted by molar-refractivity contribution is 0.115. The lowest BCUT2D eigenvalue weighted by Crippen LogP contribution is -2.17. The van der Waals surface area contributed by atoms with Gasteiger partial charge in [0.05, 0.1) is 16.7 Å². The van der Waals surface area contributed by atoms with Crippen molar-refractivity contribution in [2.75, 3.05) is 6.61 Å². The molecule has 0 aliphatic heterocycles. The summed E-state index contributed by atoms with van der Waals surface area (Å²) in [6, 6.07) is 5.67. The molecule has 1 aromatic rings. The molecule has 0 fully saturated rings. The molecule has 0 bridgehead atoms. The molecule has 0 unspecified atom stereocenters. The van der Waals surface area contributed by atoms with Crippen LogP contribution in [0.5, 0.6) is 0 Å². The Labute approximate surface area is 100 Å². The van der Waals surface area contributed by atoms with Gasteiger partial charge in [-0.3, -0.25) is 0 Å². The second kappa shape index (κ2) is 6.33. The standard InChI is InChI=1S/C11H15Cl2NO/c1-8(14)4-5-15-7-9-2-3-10(12)11(13)6-9/h2-3,6,8H,4-5,7,14H2,1H3/t8-/m0/s1. The normalized spacial score (nSPS) is 12.8. The van der Waals surface area contributed by atoms with Crippen LogP contribution in [0.1, 0.15) is 18.9 Å². The van der Waals surface area contributed by atoms with E-state index in [4.69, 9.17) is 33.7 Å². The zero-order valence-electron chi connectivity index (χ0n) is 8.67. The second-order valence-corrected chi connectivity index (χ2v) is 4.38. The molecule has 0 saturated carbocycles. The smallest absolute Gasteiger partial charge is 0.0717 e. The molecule has 0 saturated heterocycles. The highest BCUT2D eigenvalue weighted by atomic mass is 35.5. The van der Waals surface area contributed by atoms with Gasteiger partial charge in [0.1, 0.15) is 0 Å². The minimum atomic E-state index is 0.179. The van der Waals surface area contributed by atoms with Crippen molar-refractivity contribution in [3.05, 3.63) is 33.8 Å². The molecule has 0 aliphatic rings. The van der Waals surface area contributed by atoms with Crippen LogP contribution in [0, 0.1) is 0 Å². The van der Waals surface area contributed by atoms with Gasteiger partial charge in [0.25, 0.3) is 0 Å². The summed E-state index contributed by atoms with van der Waals surface area (Å²) in [5.74, 6) is 0. The van der Waals surface area contributed by atoms with Crippen molar-refractivity contribution < 1.29 is 4.74 Å². The average molecular weight is 248 g/mol. The lowest BCUT2D eigenvalue weighted by Gasteiger charge is -2.07. The molecule has 15 heavy (non-hydrogen) atoms. The van der Waals surface area contributed by atoms with Crippen molar-refractivity contribution >= 4 is 23.2 Å². The summed E-state index contributed by atoms with van der Waals surface area (Å²) in [6.07, 6.45) is 0.862. The zero-order valence-corrected chi connectivity index (χ0v) is 10.2. The maximum atomic E-state index is 5.87. The summed E-state index contributed by atoms with van der Waals surface area (Å²) >= 11 is 11.7. The molecule has 84 valence electrons. The Kier molecular flexibility index (Phi) is 5.40. The topological polar surface area (TPSA) is 35.2 Å². The van der Waals surface area contributed by atoms with Crippen LogP contribution in [-0.4, -0.2) is 12.6 Å². The van der Waals surface area contributed by atoms with Gasteiger partial charge in [0, 0.05) is 12.6 Å². The van der Waals surface area contributed by atoms with Crippen molar-refractivity contribution in [2.45, 2.75) is 26.0 Å². The Morgan fingerprint density at radius 2 is 2.07 bits per heavy atom. The third-order valence-electron chi connectivity index (χ3n) is 1.97. The van der Waals surface area contributed by atoms with E-state index in [1.165, 1.54) is 0 Å². The molecule has 0 aromatic heterocycles. The predicted octanol–water partition coefficient (Wildman–Crippen LogP) is 3.25. The molecule has 0 radical (unpaired) electrons. The average Bonchev–Trinajstić information content (AvgIpc) is 2.18. The van der Waals surface area contributed by atoms with E-state index in [9.17, 15) is 0 Å². The molecule has 0 heterocycles. The highest BCUT2D eigenvalue weighted by Crippen LogP contribution is 2.22. The van der Waals surface area contributed by atoms with Crippen molar-refractivity contribution in [3.63, 3.8) is 0 Å². The Morgan fingerprint density at radius 3 is 2.67 bits per heavy atom. The van der Waals surface area contributed by atoms with Gasteiger partial charge in [0.15, 0.2) is 0 Å². The number of benzene rings is 1. The Balaban J connectivity index is 2.35. The minimum absolute atomic E-state index is 0.179. The Bertz CT molecular complexity index is 315. The SMILES string of the molecule is C[C@H](N)CCOCc1ccc(Cl)c(Cl)c1. The molecule has 2 nitrogen and oxygen atoms in total. The van der Waals surface area contributed by atoms with Gasteiger partial charge < -0.3 is 10.5 Å². The minimum Gasteiger partial charge on any atom is -0.377 e. The van der Waals surface area contributed by atoms with Crippen molar-refractivity contribution in [1.82, 2.24) is 0 Å². The molecule has 1 rings (SSSR count). The highest BCUT2D eigenvalue weighted by Gasteiger charge is 2.00. The summed E-state index contributed by atoms with van der Waals surface area (Å²) in [7, 11) is 0. The first kappa shape index (κ1) is 12.8. The van der Waals surface area contributed by atoms with E-state index in [-0.39, 0.29) is 6.04 Å². The van der Waals surface area contributed by atoms with Crippen LogP contribution in [0.15, 0.2) is 18.2 Å². The van der Waals surface area contributed by atoms with Crippen LogP contribution in [0.25, 0.3) is 0 Å². The second-order valence-electron chi connectivity index (χ2n) is 3.57. The Hall–Kier alpha value is -0.280. The van der Waals surface area contributed by atoms with Crippen molar-refractivity contribution in [2.24, 2.45) is 5.73 Å². The summed E-state index contributed by atoms with van der Waals surface area (Å²) in [6.45, 7) is 3.17.